The molecule has 1 amide bonds. The number of hydrogen-bond donors (Lipinski definition) is 2. The van der Waals surface area contributed by atoms with Crippen molar-refractivity contribution in [2.24, 2.45) is 0 Å². The Balaban J connectivity index is 2.64. The van der Waals surface area contributed by atoms with Crippen molar-refractivity contribution in [2.75, 3.05) is 11.1 Å². The van der Waals surface area contributed by atoms with Crippen molar-refractivity contribution in [1.29, 1.82) is 0 Å². The zero-order chi connectivity index (χ0) is 13.8. The van der Waals surface area contributed by atoms with Crippen molar-refractivity contribution in [3.05, 3.63) is 24.3 Å². The molecule has 0 aromatic heterocycles. The number of nitrogens with one attached hydrogen (secondary N) is 1. The number of carbonyl (C=O) groups is 1. The second kappa shape index (κ2) is 5.87. The van der Waals surface area contributed by atoms with E-state index in [0.717, 1.165) is 6.42 Å². The molecule has 1 unspecified atom stereocenters. The van der Waals surface area contributed by atoms with Crippen LogP contribution < -0.4 is 11.1 Å². The quantitative estimate of drug-likeness (QED) is 0.790. The Bertz CT molecular complexity index is 416. The van der Waals surface area contributed by atoms with Gasteiger partial charge in [0.15, 0.2) is 0 Å². The summed E-state index contributed by atoms with van der Waals surface area (Å²) < 4.78 is 5.71. The Morgan fingerprint density at radius 3 is 2.61 bits per heavy atom. The van der Waals surface area contributed by atoms with E-state index >= 15 is 0 Å². The van der Waals surface area contributed by atoms with Gasteiger partial charge < -0.3 is 15.8 Å². The van der Waals surface area contributed by atoms with Gasteiger partial charge in [0, 0.05) is 0 Å². The standard InChI is InChI=1S/C14H22N2O2/c1-5-14(3,4)18-10(2)13(17)16-12-9-7-6-8-11(12)15/h6-10H,5,15H2,1-4H3,(H,16,17). The van der Waals surface area contributed by atoms with Gasteiger partial charge in [-0.3, -0.25) is 4.79 Å². The first kappa shape index (κ1) is 14.5. The van der Waals surface area contributed by atoms with Crippen LogP contribution in [0.2, 0.25) is 0 Å². The molecule has 0 saturated carbocycles. The van der Waals surface area contributed by atoms with E-state index < -0.39 is 6.10 Å². The van der Waals surface area contributed by atoms with Crippen molar-refractivity contribution in [2.45, 2.75) is 45.8 Å². The fourth-order valence-corrected chi connectivity index (χ4v) is 1.46. The fourth-order valence-electron chi connectivity index (χ4n) is 1.46. The Morgan fingerprint density at radius 2 is 2.06 bits per heavy atom. The number of nitrogen functional groups attached to an aromatic ring is 1. The Morgan fingerprint density at radius 1 is 1.44 bits per heavy atom. The third-order valence-electron chi connectivity index (χ3n) is 2.94. The summed E-state index contributed by atoms with van der Waals surface area (Å²) in [6.07, 6.45) is 0.331. The van der Waals surface area contributed by atoms with Crippen LogP contribution in [0.4, 0.5) is 11.4 Å². The van der Waals surface area contributed by atoms with E-state index in [1.54, 1.807) is 19.1 Å². The fraction of sp³-hybridized carbons (Fsp3) is 0.500. The van der Waals surface area contributed by atoms with E-state index in [4.69, 9.17) is 10.5 Å². The molecule has 0 radical (unpaired) electrons. The molecule has 0 bridgehead atoms. The third kappa shape index (κ3) is 4.04. The first-order chi connectivity index (χ1) is 8.35. The van der Waals surface area contributed by atoms with Crippen LogP contribution in [0, 0.1) is 0 Å². The van der Waals surface area contributed by atoms with Gasteiger partial charge in [0.05, 0.1) is 17.0 Å². The maximum Gasteiger partial charge on any atom is 0.253 e. The van der Waals surface area contributed by atoms with Gasteiger partial charge in [0.2, 0.25) is 0 Å². The van der Waals surface area contributed by atoms with Crippen molar-refractivity contribution in [3.63, 3.8) is 0 Å². The molecule has 0 aliphatic carbocycles. The number of para-hydroxylation sites is 2. The first-order valence-corrected chi connectivity index (χ1v) is 6.19. The molecule has 0 aliphatic heterocycles. The predicted octanol–water partition coefficient (Wildman–Crippen LogP) is 2.80. The molecule has 1 atom stereocenters. The van der Waals surface area contributed by atoms with Crippen LogP contribution in [-0.2, 0) is 9.53 Å². The van der Waals surface area contributed by atoms with E-state index in [-0.39, 0.29) is 11.5 Å². The molecule has 100 valence electrons. The molecular weight excluding hydrogens is 228 g/mol. The maximum absolute atomic E-state index is 12.0. The van der Waals surface area contributed by atoms with Crippen LogP contribution in [0.15, 0.2) is 24.3 Å². The highest BCUT2D eigenvalue weighted by Crippen LogP contribution is 2.20. The molecule has 18 heavy (non-hydrogen) atoms. The van der Waals surface area contributed by atoms with Crippen LogP contribution in [0.5, 0.6) is 0 Å². The molecule has 1 rings (SSSR count). The van der Waals surface area contributed by atoms with Gasteiger partial charge in [0.1, 0.15) is 6.10 Å². The van der Waals surface area contributed by atoms with Gasteiger partial charge in [-0.25, -0.2) is 0 Å². The van der Waals surface area contributed by atoms with Gasteiger partial charge in [-0.15, -0.1) is 0 Å². The minimum Gasteiger partial charge on any atom is -0.397 e. The summed E-state index contributed by atoms with van der Waals surface area (Å²) in [6, 6.07) is 7.17. The third-order valence-corrected chi connectivity index (χ3v) is 2.94. The number of carbonyl (C=O) groups excluding carboxylic acids is 1. The second-order valence-corrected chi connectivity index (χ2v) is 4.95. The number of anilines is 2. The number of benzene rings is 1. The molecule has 4 nitrogen and oxygen atoms in total. The van der Waals surface area contributed by atoms with Gasteiger partial charge >= 0.3 is 0 Å². The lowest BCUT2D eigenvalue weighted by atomic mass is 10.1. The van der Waals surface area contributed by atoms with Gasteiger partial charge in [-0.1, -0.05) is 19.1 Å². The summed E-state index contributed by atoms with van der Waals surface area (Å²) in [6.45, 7) is 7.70. The summed E-state index contributed by atoms with van der Waals surface area (Å²) in [4.78, 5) is 12.0. The van der Waals surface area contributed by atoms with Crippen LogP contribution >= 0.6 is 0 Å². The lowest BCUT2D eigenvalue weighted by molar-refractivity contribution is -0.137. The average molecular weight is 250 g/mol. The molecule has 0 aliphatic rings. The topological polar surface area (TPSA) is 64.3 Å². The largest absolute Gasteiger partial charge is 0.397 e. The molecule has 1 aromatic carbocycles. The minimum absolute atomic E-state index is 0.186. The van der Waals surface area contributed by atoms with Gasteiger partial charge in [0.25, 0.3) is 5.91 Å². The van der Waals surface area contributed by atoms with Gasteiger partial charge in [-0.2, -0.15) is 0 Å². The van der Waals surface area contributed by atoms with Crippen LogP contribution in [0.1, 0.15) is 34.1 Å². The zero-order valence-electron chi connectivity index (χ0n) is 11.5. The molecule has 4 heteroatoms. The summed E-state index contributed by atoms with van der Waals surface area (Å²) in [7, 11) is 0. The first-order valence-electron chi connectivity index (χ1n) is 6.19. The summed E-state index contributed by atoms with van der Waals surface area (Å²) in [5.74, 6) is -0.186. The van der Waals surface area contributed by atoms with Gasteiger partial charge in [-0.05, 0) is 39.3 Å². The highest BCUT2D eigenvalue weighted by molar-refractivity contribution is 5.96. The van der Waals surface area contributed by atoms with Crippen LogP contribution in [-0.4, -0.2) is 17.6 Å². The van der Waals surface area contributed by atoms with Crippen LogP contribution in [0.3, 0.4) is 0 Å². The van der Waals surface area contributed by atoms with Crippen molar-refractivity contribution >= 4 is 17.3 Å². The number of amides is 1. The normalized spacial score (nSPS) is 13.1. The van der Waals surface area contributed by atoms with E-state index in [1.165, 1.54) is 0 Å². The molecule has 0 spiro atoms. The second-order valence-electron chi connectivity index (χ2n) is 4.95. The van der Waals surface area contributed by atoms with E-state index in [0.29, 0.717) is 11.4 Å². The van der Waals surface area contributed by atoms with E-state index in [2.05, 4.69) is 5.32 Å². The predicted molar refractivity (Wildman–Crippen MR) is 74.4 cm³/mol. The molecule has 0 fully saturated rings. The van der Waals surface area contributed by atoms with E-state index in [9.17, 15) is 4.79 Å². The highest BCUT2D eigenvalue weighted by atomic mass is 16.5. The Labute approximate surface area is 109 Å². The summed E-state index contributed by atoms with van der Waals surface area (Å²) >= 11 is 0. The SMILES string of the molecule is CCC(C)(C)OC(C)C(=O)Nc1ccccc1N. The molecule has 0 saturated heterocycles. The van der Waals surface area contributed by atoms with Crippen molar-refractivity contribution in [1.82, 2.24) is 0 Å². The highest BCUT2D eigenvalue weighted by Gasteiger charge is 2.23. The molecular formula is C14H22N2O2. The zero-order valence-corrected chi connectivity index (χ0v) is 11.5. The Kier molecular flexibility index (Phi) is 4.73. The van der Waals surface area contributed by atoms with Crippen LogP contribution in [0.25, 0.3) is 0 Å². The minimum atomic E-state index is -0.514. The van der Waals surface area contributed by atoms with Crippen molar-refractivity contribution in [3.8, 4) is 0 Å². The number of rotatable bonds is 5. The van der Waals surface area contributed by atoms with E-state index in [1.807, 2.05) is 32.9 Å². The number of hydrogen-bond acceptors (Lipinski definition) is 3. The van der Waals surface area contributed by atoms with Crippen molar-refractivity contribution < 1.29 is 9.53 Å². The number of ether oxygens (including phenoxy) is 1. The maximum atomic E-state index is 12.0. The smallest absolute Gasteiger partial charge is 0.253 e. The summed E-state index contributed by atoms with van der Waals surface area (Å²) in [5, 5.41) is 2.77. The Hall–Kier alpha value is -1.55. The molecule has 1 aromatic rings. The lowest BCUT2D eigenvalue weighted by Crippen LogP contribution is -2.36. The average Bonchev–Trinajstić information content (AvgIpc) is 2.31. The summed E-state index contributed by atoms with van der Waals surface area (Å²) in [5.41, 5.74) is 6.63. The number of nitrogens with two attached hydrogens (primary N) is 1. The molecule has 0 heterocycles. The monoisotopic (exact) mass is 250 g/mol. The lowest BCUT2D eigenvalue weighted by Gasteiger charge is -2.27. The molecule has 3 N–H and O–H groups in total.